The Kier molecular flexibility index (Phi) is 2.36. The Balaban J connectivity index is 1.54. The lowest BCUT2D eigenvalue weighted by Gasteiger charge is -2.28. The summed E-state index contributed by atoms with van der Waals surface area (Å²) in [5.41, 5.74) is 0. The van der Waals surface area contributed by atoms with Gasteiger partial charge in [-0.1, -0.05) is 31.4 Å². The lowest BCUT2D eigenvalue weighted by Crippen LogP contribution is -2.27. The number of allylic oxidation sites excluding steroid dienone is 1. The van der Waals surface area contributed by atoms with Crippen molar-refractivity contribution in [1.82, 2.24) is 0 Å². The van der Waals surface area contributed by atoms with Gasteiger partial charge in [-0.3, -0.25) is 0 Å². The number of rotatable bonds is 2. The van der Waals surface area contributed by atoms with Crippen molar-refractivity contribution in [2.75, 3.05) is 0 Å². The maximum atomic E-state index is 6.23. The van der Waals surface area contributed by atoms with E-state index in [-0.39, 0.29) is 0 Å². The smallest absolute Gasteiger partial charge is 0.0647 e. The minimum atomic E-state index is 0.577. The highest BCUT2D eigenvalue weighted by Crippen LogP contribution is 2.41. The minimum absolute atomic E-state index is 0.577. The largest absolute Gasteiger partial charge is 0.374 e. The van der Waals surface area contributed by atoms with Crippen LogP contribution in [-0.2, 0) is 4.74 Å². The van der Waals surface area contributed by atoms with Gasteiger partial charge in [-0.2, -0.15) is 0 Å². The zero-order valence-electron chi connectivity index (χ0n) is 8.82. The molecule has 14 heavy (non-hydrogen) atoms. The molecule has 0 spiro atoms. The second kappa shape index (κ2) is 3.69. The third-order valence-electron chi connectivity index (χ3n) is 4.14. The Hall–Kier alpha value is -0.300. The molecule has 2 saturated carbocycles. The van der Waals surface area contributed by atoms with Gasteiger partial charge < -0.3 is 4.74 Å². The molecule has 0 radical (unpaired) electrons. The lowest BCUT2D eigenvalue weighted by atomic mass is 9.96. The summed E-state index contributed by atoms with van der Waals surface area (Å²) < 4.78 is 6.23. The second-order valence-corrected chi connectivity index (χ2v) is 5.21. The van der Waals surface area contributed by atoms with Gasteiger partial charge in [0.2, 0.25) is 0 Å². The van der Waals surface area contributed by atoms with E-state index in [4.69, 9.17) is 4.74 Å². The summed E-state index contributed by atoms with van der Waals surface area (Å²) in [7, 11) is 0. The molecule has 0 heterocycles. The highest BCUT2D eigenvalue weighted by Gasteiger charge is 2.37. The monoisotopic (exact) mass is 192 g/mol. The van der Waals surface area contributed by atoms with Gasteiger partial charge in [0.05, 0.1) is 12.2 Å². The van der Waals surface area contributed by atoms with Gasteiger partial charge >= 0.3 is 0 Å². The van der Waals surface area contributed by atoms with E-state index in [0.29, 0.717) is 12.2 Å². The van der Waals surface area contributed by atoms with Crippen LogP contribution in [-0.4, -0.2) is 12.2 Å². The van der Waals surface area contributed by atoms with E-state index in [1.54, 1.807) is 0 Å². The molecule has 0 aromatic carbocycles. The molecule has 2 bridgehead atoms. The molecule has 2 fully saturated rings. The van der Waals surface area contributed by atoms with Gasteiger partial charge in [-0.05, 0) is 31.6 Å². The first-order valence-corrected chi connectivity index (χ1v) is 6.25. The number of hydrogen-bond acceptors (Lipinski definition) is 1. The number of ether oxygens (including phenoxy) is 1. The average Bonchev–Trinajstić information content (AvgIpc) is 2.81. The van der Waals surface area contributed by atoms with Crippen molar-refractivity contribution in [3.8, 4) is 0 Å². The third kappa shape index (κ3) is 1.63. The molecule has 0 aliphatic heterocycles. The molecule has 0 aromatic heterocycles. The SMILES string of the molecule is C1=CC2CC1CC2OC1CCCCC1. The minimum Gasteiger partial charge on any atom is -0.374 e. The molecule has 0 N–H and O–H groups in total. The first-order chi connectivity index (χ1) is 6.92. The van der Waals surface area contributed by atoms with Crippen molar-refractivity contribution in [3.63, 3.8) is 0 Å². The molecular formula is C13H20O. The van der Waals surface area contributed by atoms with Crippen LogP contribution in [0.1, 0.15) is 44.9 Å². The molecule has 3 atom stereocenters. The summed E-state index contributed by atoms with van der Waals surface area (Å²) >= 11 is 0. The molecule has 1 heteroatoms. The topological polar surface area (TPSA) is 9.23 Å². The van der Waals surface area contributed by atoms with E-state index in [2.05, 4.69) is 12.2 Å². The Morgan fingerprint density at radius 3 is 2.43 bits per heavy atom. The number of fused-ring (bicyclic) bond motifs is 2. The fourth-order valence-corrected chi connectivity index (χ4v) is 3.34. The van der Waals surface area contributed by atoms with E-state index in [1.807, 2.05) is 0 Å². The van der Waals surface area contributed by atoms with E-state index in [1.165, 1.54) is 44.9 Å². The van der Waals surface area contributed by atoms with E-state index >= 15 is 0 Å². The van der Waals surface area contributed by atoms with Gasteiger partial charge in [0.15, 0.2) is 0 Å². The van der Waals surface area contributed by atoms with Crippen molar-refractivity contribution in [2.45, 2.75) is 57.2 Å². The Bertz CT molecular complexity index is 227. The summed E-state index contributed by atoms with van der Waals surface area (Å²) in [6, 6.07) is 0. The van der Waals surface area contributed by atoms with Gasteiger partial charge in [0.1, 0.15) is 0 Å². The van der Waals surface area contributed by atoms with Crippen molar-refractivity contribution in [1.29, 1.82) is 0 Å². The molecular weight excluding hydrogens is 172 g/mol. The third-order valence-corrected chi connectivity index (χ3v) is 4.14. The number of hydrogen-bond donors (Lipinski definition) is 0. The van der Waals surface area contributed by atoms with Crippen LogP contribution in [0.25, 0.3) is 0 Å². The predicted octanol–water partition coefficient (Wildman–Crippen LogP) is 3.30. The lowest BCUT2D eigenvalue weighted by molar-refractivity contribution is -0.0407. The molecule has 1 nitrogen and oxygen atoms in total. The van der Waals surface area contributed by atoms with Crippen molar-refractivity contribution >= 4 is 0 Å². The normalized spacial score (nSPS) is 42.1. The fourth-order valence-electron chi connectivity index (χ4n) is 3.34. The van der Waals surface area contributed by atoms with Crippen molar-refractivity contribution < 1.29 is 4.74 Å². The van der Waals surface area contributed by atoms with Crippen molar-refractivity contribution in [2.24, 2.45) is 11.8 Å². The van der Waals surface area contributed by atoms with Crippen LogP contribution in [0.5, 0.6) is 0 Å². The fraction of sp³-hybridized carbons (Fsp3) is 0.846. The maximum absolute atomic E-state index is 6.23. The van der Waals surface area contributed by atoms with Crippen LogP contribution in [0.2, 0.25) is 0 Å². The Morgan fingerprint density at radius 2 is 1.79 bits per heavy atom. The van der Waals surface area contributed by atoms with Gasteiger partial charge in [0, 0.05) is 5.92 Å². The van der Waals surface area contributed by atoms with Crippen LogP contribution >= 0.6 is 0 Å². The predicted molar refractivity (Wildman–Crippen MR) is 57.1 cm³/mol. The van der Waals surface area contributed by atoms with Gasteiger partial charge in [-0.25, -0.2) is 0 Å². The Labute approximate surface area is 86.5 Å². The molecule has 3 rings (SSSR count). The van der Waals surface area contributed by atoms with Crippen LogP contribution in [0.4, 0.5) is 0 Å². The van der Waals surface area contributed by atoms with Gasteiger partial charge in [0.25, 0.3) is 0 Å². The molecule has 3 unspecified atom stereocenters. The summed E-state index contributed by atoms with van der Waals surface area (Å²) in [6.07, 6.45) is 15.5. The Morgan fingerprint density at radius 1 is 0.929 bits per heavy atom. The zero-order chi connectivity index (χ0) is 9.38. The molecule has 0 saturated heterocycles. The molecule has 0 amide bonds. The quantitative estimate of drug-likeness (QED) is 0.610. The van der Waals surface area contributed by atoms with Crippen LogP contribution < -0.4 is 0 Å². The van der Waals surface area contributed by atoms with Gasteiger partial charge in [-0.15, -0.1) is 0 Å². The van der Waals surface area contributed by atoms with Crippen LogP contribution in [0, 0.1) is 11.8 Å². The molecule has 3 aliphatic carbocycles. The highest BCUT2D eigenvalue weighted by atomic mass is 16.5. The highest BCUT2D eigenvalue weighted by molar-refractivity contribution is 5.11. The summed E-state index contributed by atoms with van der Waals surface area (Å²) in [6.45, 7) is 0. The molecule has 78 valence electrons. The van der Waals surface area contributed by atoms with E-state index in [9.17, 15) is 0 Å². The standard InChI is InChI=1S/C13H20O/c1-2-4-12(5-3-1)14-13-9-10-6-7-11(13)8-10/h6-7,10-13H,1-5,8-9H2. The zero-order valence-corrected chi connectivity index (χ0v) is 8.82. The van der Waals surface area contributed by atoms with Crippen molar-refractivity contribution in [3.05, 3.63) is 12.2 Å². The van der Waals surface area contributed by atoms with E-state index < -0.39 is 0 Å². The van der Waals surface area contributed by atoms with Crippen LogP contribution in [0.3, 0.4) is 0 Å². The first-order valence-electron chi connectivity index (χ1n) is 6.25. The summed E-state index contributed by atoms with van der Waals surface area (Å²) in [4.78, 5) is 0. The average molecular weight is 192 g/mol. The van der Waals surface area contributed by atoms with E-state index in [0.717, 1.165) is 11.8 Å². The molecule has 0 aromatic rings. The van der Waals surface area contributed by atoms with Crippen LogP contribution in [0.15, 0.2) is 12.2 Å². The first kappa shape index (κ1) is 8.96. The maximum Gasteiger partial charge on any atom is 0.0647 e. The molecule has 3 aliphatic rings. The summed E-state index contributed by atoms with van der Waals surface area (Å²) in [5.74, 6) is 1.62. The second-order valence-electron chi connectivity index (χ2n) is 5.21. The summed E-state index contributed by atoms with van der Waals surface area (Å²) in [5, 5.41) is 0.